The molecular weight excluding hydrogens is 294 g/mol. The molecule has 3 rings (SSSR count). The zero-order valence-corrected chi connectivity index (χ0v) is 15.0. The van der Waals surface area contributed by atoms with Crippen LogP contribution in [0.5, 0.6) is 0 Å². The molecule has 1 heterocycles. The summed E-state index contributed by atoms with van der Waals surface area (Å²) in [6.45, 7) is 11.6. The Bertz CT molecular complexity index is 599. The van der Waals surface area contributed by atoms with Crippen molar-refractivity contribution in [3.63, 3.8) is 0 Å². The fourth-order valence-corrected chi connectivity index (χ4v) is 6.84. The van der Waals surface area contributed by atoms with Crippen LogP contribution >= 0.6 is 11.3 Å². The maximum Gasteiger partial charge on any atom is 0.0733 e. The Morgan fingerprint density at radius 3 is 2.71 bits per heavy atom. The number of allylic oxidation sites excluding steroid dienone is 1. The van der Waals surface area contributed by atoms with Crippen molar-refractivity contribution in [1.29, 1.82) is 0 Å². The number of hydrogen-bond donors (Lipinski definition) is 2. The predicted octanol–water partition coefficient (Wildman–Crippen LogP) is 3.81. The summed E-state index contributed by atoms with van der Waals surface area (Å²) in [4.78, 5) is 1.32. The van der Waals surface area contributed by atoms with Crippen LogP contribution in [0.15, 0.2) is 34.9 Å². The third kappa shape index (κ3) is 2.48. The molecule has 0 saturated heterocycles. The van der Waals surface area contributed by atoms with E-state index in [1.807, 2.05) is 0 Å². The molecule has 0 amide bonds. The lowest BCUT2D eigenvalue weighted by Gasteiger charge is -2.43. The first kappa shape index (κ1) is 15.2. The molecule has 1 fully saturated rings. The third-order valence-corrected chi connectivity index (χ3v) is 8.16. The van der Waals surface area contributed by atoms with Gasteiger partial charge in [-0.2, -0.15) is 0 Å². The molecule has 0 aromatic carbocycles. The van der Waals surface area contributed by atoms with Crippen LogP contribution in [0.25, 0.3) is 5.57 Å². The molecule has 1 aromatic heterocycles. The second kappa shape index (κ2) is 4.91. The summed E-state index contributed by atoms with van der Waals surface area (Å²) in [7, 11) is -1.48. The summed E-state index contributed by atoms with van der Waals surface area (Å²) in [5, 5.41) is 13.8. The number of thiophene rings is 1. The minimum Gasteiger partial charge on any atom is -0.393 e. The van der Waals surface area contributed by atoms with E-state index in [4.69, 9.17) is 5.73 Å². The van der Waals surface area contributed by atoms with Crippen LogP contribution in [0.4, 0.5) is 0 Å². The van der Waals surface area contributed by atoms with Crippen LogP contribution in [-0.2, 0) is 0 Å². The van der Waals surface area contributed by atoms with E-state index in [0.717, 1.165) is 12.8 Å². The van der Waals surface area contributed by atoms with Gasteiger partial charge in [-0.15, -0.1) is 11.3 Å². The highest BCUT2D eigenvalue weighted by atomic mass is 32.1. The average Bonchev–Trinajstić information content (AvgIpc) is 2.95. The number of rotatable bonds is 2. The van der Waals surface area contributed by atoms with Crippen LogP contribution < -0.4 is 5.73 Å². The molecule has 2 nitrogen and oxygen atoms in total. The zero-order valence-electron chi connectivity index (χ0n) is 13.1. The van der Waals surface area contributed by atoms with Crippen LogP contribution in [0.2, 0.25) is 19.6 Å². The van der Waals surface area contributed by atoms with Crippen molar-refractivity contribution in [3.05, 3.63) is 39.7 Å². The highest BCUT2D eigenvalue weighted by Gasteiger charge is 2.50. The van der Waals surface area contributed by atoms with Gasteiger partial charge < -0.3 is 10.8 Å². The number of aliphatic hydroxyl groups is 1. The van der Waals surface area contributed by atoms with Crippen molar-refractivity contribution in [2.24, 2.45) is 11.7 Å². The quantitative estimate of drug-likeness (QED) is 0.814. The summed E-state index contributed by atoms with van der Waals surface area (Å²) in [6, 6.07) is 4.30. The van der Waals surface area contributed by atoms with Crippen molar-refractivity contribution < 1.29 is 5.11 Å². The van der Waals surface area contributed by atoms with E-state index >= 15 is 0 Å². The Balaban J connectivity index is 2.16. The minimum atomic E-state index is -1.48. The molecule has 0 radical (unpaired) electrons. The predicted molar refractivity (Wildman–Crippen MR) is 94.0 cm³/mol. The Morgan fingerprint density at radius 1 is 1.43 bits per heavy atom. The van der Waals surface area contributed by atoms with Gasteiger partial charge in [0, 0.05) is 16.3 Å². The summed E-state index contributed by atoms with van der Waals surface area (Å²) in [5.41, 5.74) is 8.97. The zero-order chi connectivity index (χ0) is 15.4. The van der Waals surface area contributed by atoms with Crippen LogP contribution in [0.1, 0.15) is 24.1 Å². The average molecular weight is 320 g/mol. The molecule has 1 aromatic rings. The fraction of sp³-hybridized carbons (Fsp3) is 0.529. The Kier molecular flexibility index (Phi) is 3.56. The van der Waals surface area contributed by atoms with E-state index in [1.54, 1.807) is 11.3 Å². The second-order valence-electron chi connectivity index (χ2n) is 7.66. The maximum absolute atomic E-state index is 10.1. The minimum absolute atomic E-state index is 0.227. The normalized spacial score (nSPS) is 33.5. The molecule has 114 valence electrons. The number of fused-ring (bicyclic) bond motifs is 1. The number of aliphatic hydroxyl groups excluding tert-OH is 1. The SMILES string of the molecule is C=C1C(c2cccs2)=C([Si](C)(C)C)C[C@@]2(N)C[C@@H](O)C[C@H]12. The first-order valence-corrected chi connectivity index (χ1v) is 12.0. The summed E-state index contributed by atoms with van der Waals surface area (Å²) in [5.74, 6) is 0.227. The van der Waals surface area contributed by atoms with Gasteiger partial charge >= 0.3 is 0 Å². The highest BCUT2D eigenvalue weighted by molar-refractivity contribution is 7.11. The van der Waals surface area contributed by atoms with Crippen molar-refractivity contribution in [2.45, 2.75) is 50.5 Å². The lowest BCUT2D eigenvalue weighted by Crippen LogP contribution is -2.49. The van der Waals surface area contributed by atoms with Crippen LogP contribution in [0.3, 0.4) is 0 Å². The van der Waals surface area contributed by atoms with E-state index in [-0.39, 0.29) is 17.6 Å². The molecule has 4 heteroatoms. The molecule has 0 bridgehead atoms. The van der Waals surface area contributed by atoms with Gasteiger partial charge in [-0.3, -0.25) is 0 Å². The molecule has 2 aliphatic rings. The second-order valence-corrected chi connectivity index (χ2v) is 13.7. The molecule has 0 aliphatic heterocycles. The fourth-order valence-electron chi connectivity index (χ4n) is 4.01. The van der Waals surface area contributed by atoms with Gasteiger partial charge in [0.2, 0.25) is 0 Å². The van der Waals surface area contributed by atoms with E-state index in [2.05, 4.69) is 43.7 Å². The molecule has 3 N–H and O–H groups in total. The molecule has 0 spiro atoms. The van der Waals surface area contributed by atoms with E-state index in [1.165, 1.54) is 21.2 Å². The molecule has 0 unspecified atom stereocenters. The lowest BCUT2D eigenvalue weighted by molar-refractivity contribution is 0.173. The van der Waals surface area contributed by atoms with Gasteiger partial charge in [0.25, 0.3) is 0 Å². The summed E-state index contributed by atoms with van der Waals surface area (Å²) < 4.78 is 0. The lowest BCUT2D eigenvalue weighted by atomic mass is 9.73. The monoisotopic (exact) mass is 319 g/mol. The molecule has 21 heavy (non-hydrogen) atoms. The topological polar surface area (TPSA) is 46.2 Å². The van der Waals surface area contributed by atoms with Crippen molar-refractivity contribution >= 4 is 25.0 Å². The molecule has 1 saturated carbocycles. The van der Waals surface area contributed by atoms with Gasteiger partial charge in [0.05, 0.1) is 14.2 Å². The van der Waals surface area contributed by atoms with E-state index in [0.29, 0.717) is 6.42 Å². The van der Waals surface area contributed by atoms with Crippen molar-refractivity contribution in [1.82, 2.24) is 0 Å². The van der Waals surface area contributed by atoms with Crippen LogP contribution in [-0.4, -0.2) is 24.8 Å². The molecular formula is C17H25NOSSi. The smallest absolute Gasteiger partial charge is 0.0733 e. The molecule has 2 aliphatic carbocycles. The van der Waals surface area contributed by atoms with Gasteiger partial charge in [-0.05, 0) is 41.9 Å². The van der Waals surface area contributed by atoms with E-state index in [9.17, 15) is 5.11 Å². The van der Waals surface area contributed by atoms with Gasteiger partial charge in [0.15, 0.2) is 0 Å². The van der Waals surface area contributed by atoms with Gasteiger partial charge in [0.1, 0.15) is 0 Å². The highest BCUT2D eigenvalue weighted by Crippen LogP contribution is 2.53. The standard InChI is InChI=1S/C17H25NOSSi/c1-11-13-8-12(19)9-17(13,18)10-15(21(2,3)4)16(11)14-6-5-7-20-14/h5-7,12-13,19H,1,8-10,18H2,2-4H3/t12-,13+,17-/m0/s1. The van der Waals surface area contributed by atoms with Crippen molar-refractivity contribution in [3.8, 4) is 0 Å². The molecule has 3 atom stereocenters. The first-order chi connectivity index (χ1) is 9.72. The largest absolute Gasteiger partial charge is 0.393 e. The number of hydrogen-bond acceptors (Lipinski definition) is 3. The Hall–Kier alpha value is -0.683. The maximum atomic E-state index is 10.1. The Labute approximate surface area is 132 Å². The third-order valence-electron chi connectivity index (χ3n) is 5.04. The van der Waals surface area contributed by atoms with Gasteiger partial charge in [-0.25, -0.2) is 0 Å². The summed E-state index contributed by atoms with van der Waals surface area (Å²) >= 11 is 1.79. The van der Waals surface area contributed by atoms with Gasteiger partial charge in [-0.1, -0.05) is 37.5 Å². The Morgan fingerprint density at radius 2 is 2.14 bits per heavy atom. The summed E-state index contributed by atoms with van der Waals surface area (Å²) in [6.07, 6.45) is 2.13. The van der Waals surface area contributed by atoms with E-state index < -0.39 is 8.07 Å². The van der Waals surface area contributed by atoms with Crippen LogP contribution in [0, 0.1) is 5.92 Å². The first-order valence-electron chi connectivity index (χ1n) is 7.66. The number of nitrogens with two attached hydrogens (primary N) is 1. The van der Waals surface area contributed by atoms with Crippen molar-refractivity contribution in [2.75, 3.05) is 0 Å².